The van der Waals surface area contributed by atoms with Gasteiger partial charge in [-0.2, -0.15) is 0 Å². The van der Waals surface area contributed by atoms with E-state index in [1.54, 1.807) is 6.33 Å². The van der Waals surface area contributed by atoms with E-state index in [4.69, 9.17) is 0 Å². The Kier molecular flexibility index (Phi) is 7.35. The first-order valence-electron chi connectivity index (χ1n) is 6.89. The summed E-state index contributed by atoms with van der Waals surface area (Å²) in [4.78, 5) is 10.7. The van der Waals surface area contributed by atoms with Crippen molar-refractivity contribution in [2.75, 3.05) is 18.0 Å². The third-order valence-electron chi connectivity index (χ3n) is 2.95. The highest BCUT2D eigenvalue weighted by atomic mass is 15.2. The fourth-order valence-electron chi connectivity index (χ4n) is 1.92. The van der Waals surface area contributed by atoms with E-state index in [0.29, 0.717) is 0 Å². The SMILES string of the molecule is CCCCCN(CCCCC)c1ccncn1. The Bertz CT molecular complexity index is 264. The summed E-state index contributed by atoms with van der Waals surface area (Å²) in [5, 5.41) is 0. The van der Waals surface area contributed by atoms with E-state index in [9.17, 15) is 0 Å². The number of hydrogen-bond donors (Lipinski definition) is 0. The van der Waals surface area contributed by atoms with Gasteiger partial charge in [-0.3, -0.25) is 0 Å². The van der Waals surface area contributed by atoms with E-state index in [1.807, 2.05) is 12.3 Å². The first-order chi connectivity index (χ1) is 8.38. The molecule has 3 nitrogen and oxygen atoms in total. The zero-order valence-electron chi connectivity index (χ0n) is 11.2. The van der Waals surface area contributed by atoms with Crippen molar-refractivity contribution >= 4 is 5.82 Å². The van der Waals surface area contributed by atoms with Crippen LogP contribution in [0, 0.1) is 0 Å². The molecule has 0 amide bonds. The summed E-state index contributed by atoms with van der Waals surface area (Å²) in [6.07, 6.45) is 11.1. The standard InChI is InChI=1S/C14H25N3/c1-3-5-7-11-17(12-8-6-4-2)14-9-10-15-13-16-14/h9-10,13H,3-8,11-12H2,1-2H3. The van der Waals surface area contributed by atoms with Gasteiger partial charge in [-0.1, -0.05) is 39.5 Å². The average Bonchev–Trinajstić information content (AvgIpc) is 2.38. The van der Waals surface area contributed by atoms with Gasteiger partial charge in [0.1, 0.15) is 12.1 Å². The third-order valence-corrected chi connectivity index (χ3v) is 2.95. The predicted molar refractivity (Wildman–Crippen MR) is 73.3 cm³/mol. The number of unbranched alkanes of at least 4 members (excludes halogenated alkanes) is 4. The highest BCUT2D eigenvalue weighted by molar-refractivity contribution is 5.35. The van der Waals surface area contributed by atoms with Gasteiger partial charge in [0.2, 0.25) is 0 Å². The molecule has 0 atom stereocenters. The van der Waals surface area contributed by atoms with Gasteiger partial charge in [0.15, 0.2) is 0 Å². The maximum atomic E-state index is 4.35. The molecule has 0 bridgehead atoms. The maximum absolute atomic E-state index is 4.35. The molecule has 0 fully saturated rings. The lowest BCUT2D eigenvalue weighted by molar-refractivity contribution is 0.631. The van der Waals surface area contributed by atoms with Crippen molar-refractivity contribution in [1.29, 1.82) is 0 Å². The third kappa shape index (κ3) is 5.66. The molecule has 0 aromatic carbocycles. The summed E-state index contributed by atoms with van der Waals surface area (Å²) in [6, 6.07) is 2.01. The van der Waals surface area contributed by atoms with Crippen molar-refractivity contribution in [1.82, 2.24) is 9.97 Å². The van der Waals surface area contributed by atoms with Gasteiger partial charge in [0.05, 0.1) is 0 Å². The molecule has 0 aliphatic rings. The maximum Gasteiger partial charge on any atom is 0.131 e. The highest BCUT2D eigenvalue weighted by Crippen LogP contribution is 2.12. The Hall–Kier alpha value is -1.12. The molecule has 1 aromatic rings. The summed E-state index contributed by atoms with van der Waals surface area (Å²) < 4.78 is 0. The summed E-state index contributed by atoms with van der Waals surface area (Å²) in [7, 11) is 0. The largest absolute Gasteiger partial charge is 0.357 e. The fourth-order valence-corrected chi connectivity index (χ4v) is 1.92. The molecule has 0 saturated heterocycles. The van der Waals surface area contributed by atoms with Crippen molar-refractivity contribution in [3.63, 3.8) is 0 Å². The minimum absolute atomic E-state index is 1.08. The van der Waals surface area contributed by atoms with E-state index in [2.05, 4.69) is 28.7 Å². The van der Waals surface area contributed by atoms with Crippen LogP contribution < -0.4 is 4.90 Å². The van der Waals surface area contributed by atoms with Crippen LogP contribution in [-0.4, -0.2) is 23.1 Å². The van der Waals surface area contributed by atoms with Gasteiger partial charge < -0.3 is 4.90 Å². The van der Waals surface area contributed by atoms with Crippen LogP contribution in [0.15, 0.2) is 18.6 Å². The van der Waals surface area contributed by atoms with Crippen LogP contribution in [0.2, 0.25) is 0 Å². The summed E-state index contributed by atoms with van der Waals surface area (Å²) >= 11 is 0. The van der Waals surface area contributed by atoms with Crippen LogP contribution in [0.4, 0.5) is 5.82 Å². The highest BCUT2D eigenvalue weighted by Gasteiger charge is 2.06. The Morgan fingerprint density at radius 3 is 2.12 bits per heavy atom. The monoisotopic (exact) mass is 235 g/mol. The van der Waals surface area contributed by atoms with Crippen molar-refractivity contribution in [2.24, 2.45) is 0 Å². The second-order valence-corrected chi connectivity index (χ2v) is 4.47. The molecule has 0 aliphatic carbocycles. The molecule has 0 spiro atoms. The second kappa shape index (κ2) is 8.97. The van der Waals surface area contributed by atoms with Crippen LogP contribution in [0.25, 0.3) is 0 Å². The molecular weight excluding hydrogens is 210 g/mol. The molecule has 1 rings (SSSR count). The molecule has 0 aliphatic heterocycles. The summed E-state index contributed by atoms with van der Waals surface area (Å²) in [5.74, 6) is 1.08. The molecule has 0 unspecified atom stereocenters. The molecule has 0 radical (unpaired) electrons. The van der Waals surface area contributed by atoms with Crippen molar-refractivity contribution in [3.8, 4) is 0 Å². The summed E-state index contributed by atoms with van der Waals surface area (Å²) in [6.45, 7) is 6.72. The van der Waals surface area contributed by atoms with Crippen LogP contribution >= 0.6 is 0 Å². The normalized spacial score (nSPS) is 10.5. The molecular formula is C14H25N3. The fraction of sp³-hybridized carbons (Fsp3) is 0.714. The molecule has 0 N–H and O–H groups in total. The van der Waals surface area contributed by atoms with Gasteiger partial charge in [0.25, 0.3) is 0 Å². The number of nitrogens with zero attached hydrogens (tertiary/aromatic N) is 3. The first kappa shape index (κ1) is 13.9. The topological polar surface area (TPSA) is 29.0 Å². The Balaban J connectivity index is 2.46. The van der Waals surface area contributed by atoms with E-state index in [0.717, 1.165) is 18.9 Å². The lowest BCUT2D eigenvalue weighted by atomic mass is 10.2. The summed E-state index contributed by atoms with van der Waals surface area (Å²) in [5.41, 5.74) is 0. The zero-order valence-corrected chi connectivity index (χ0v) is 11.2. The Morgan fingerprint density at radius 1 is 1.00 bits per heavy atom. The van der Waals surface area contributed by atoms with E-state index in [-0.39, 0.29) is 0 Å². The van der Waals surface area contributed by atoms with E-state index in [1.165, 1.54) is 38.5 Å². The van der Waals surface area contributed by atoms with Gasteiger partial charge in [-0.25, -0.2) is 9.97 Å². The molecule has 1 aromatic heterocycles. The van der Waals surface area contributed by atoms with Crippen molar-refractivity contribution in [3.05, 3.63) is 18.6 Å². The number of aromatic nitrogens is 2. The van der Waals surface area contributed by atoms with Crippen molar-refractivity contribution < 1.29 is 0 Å². The Labute approximate surface area is 105 Å². The van der Waals surface area contributed by atoms with Gasteiger partial charge >= 0.3 is 0 Å². The molecule has 3 heteroatoms. The zero-order chi connectivity index (χ0) is 12.3. The molecule has 17 heavy (non-hydrogen) atoms. The van der Waals surface area contributed by atoms with Gasteiger partial charge in [0, 0.05) is 19.3 Å². The van der Waals surface area contributed by atoms with Crippen LogP contribution in [0.5, 0.6) is 0 Å². The van der Waals surface area contributed by atoms with Crippen LogP contribution in [0.1, 0.15) is 52.4 Å². The molecule has 1 heterocycles. The van der Waals surface area contributed by atoms with Crippen LogP contribution in [0.3, 0.4) is 0 Å². The van der Waals surface area contributed by atoms with Gasteiger partial charge in [-0.05, 0) is 18.9 Å². The Morgan fingerprint density at radius 2 is 1.65 bits per heavy atom. The molecule has 0 saturated carbocycles. The lowest BCUT2D eigenvalue weighted by Gasteiger charge is -2.23. The minimum atomic E-state index is 1.08. The number of anilines is 1. The van der Waals surface area contributed by atoms with E-state index < -0.39 is 0 Å². The first-order valence-corrected chi connectivity index (χ1v) is 6.89. The van der Waals surface area contributed by atoms with Crippen molar-refractivity contribution in [2.45, 2.75) is 52.4 Å². The molecule has 96 valence electrons. The average molecular weight is 235 g/mol. The van der Waals surface area contributed by atoms with E-state index >= 15 is 0 Å². The lowest BCUT2D eigenvalue weighted by Crippen LogP contribution is -2.26. The second-order valence-electron chi connectivity index (χ2n) is 4.47. The van der Waals surface area contributed by atoms with Gasteiger partial charge in [-0.15, -0.1) is 0 Å². The number of hydrogen-bond acceptors (Lipinski definition) is 3. The van der Waals surface area contributed by atoms with Crippen LogP contribution in [-0.2, 0) is 0 Å². The predicted octanol–water partition coefficient (Wildman–Crippen LogP) is 3.66. The smallest absolute Gasteiger partial charge is 0.131 e. The quantitative estimate of drug-likeness (QED) is 0.612. The number of rotatable bonds is 9. The minimum Gasteiger partial charge on any atom is -0.357 e.